The largest absolute Gasteiger partial charge is 0.387 e. The third-order valence-corrected chi connectivity index (χ3v) is 4.49. The standard InChI is InChI=1S/C22H19ClN2O3/c23-19-9-5-4-8-18(19)22(28)25-17-12-10-16(11-13-17)21(27)24-14-20(26)15-6-2-1-3-7-15/h1-13,20,26H,14H2,(H,24,27)(H,25,28). The molecule has 6 heteroatoms. The molecule has 28 heavy (non-hydrogen) atoms. The van der Waals surface area contributed by atoms with Gasteiger partial charge in [-0.1, -0.05) is 54.1 Å². The fraction of sp³-hybridized carbons (Fsp3) is 0.0909. The van der Waals surface area contributed by atoms with E-state index in [1.807, 2.05) is 18.2 Å². The quantitative estimate of drug-likeness (QED) is 0.590. The Morgan fingerprint density at radius 1 is 0.857 bits per heavy atom. The second kappa shape index (κ2) is 9.17. The number of hydrogen-bond donors (Lipinski definition) is 3. The van der Waals surface area contributed by atoms with E-state index in [-0.39, 0.29) is 18.4 Å². The molecule has 0 heterocycles. The Bertz CT molecular complexity index is 959. The number of amides is 2. The second-order valence-electron chi connectivity index (χ2n) is 6.15. The van der Waals surface area contributed by atoms with Gasteiger partial charge in [0.15, 0.2) is 0 Å². The number of rotatable bonds is 6. The van der Waals surface area contributed by atoms with E-state index < -0.39 is 6.10 Å². The van der Waals surface area contributed by atoms with E-state index in [1.54, 1.807) is 60.7 Å². The number of benzene rings is 3. The second-order valence-corrected chi connectivity index (χ2v) is 6.56. The molecule has 0 aliphatic carbocycles. The molecule has 2 amide bonds. The van der Waals surface area contributed by atoms with Gasteiger partial charge in [-0.3, -0.25) is 9.59 Å². The normalized spacial score (nSPS) is 11.5. The van der Waals surface area contributed by atoms with Crippen molar-refractivity contribution in [2.45, 2.75) is 6.10 Å². The topological polar surface area (TPSA) is 78.4 Å². The van der Waals surface area contributed by atoms with Crippen LogP contribution in [0.3, 0.4) is 0 Å². The number of carbonyl (C=O) groups is 2. The molecule has 3 aromatic rings. The number of halogens is 1. The molecule has 3 N–H and O–H groups in total. The van der Waals surface area contributed by atoms with Gasteiger partial charge in [-0.25, -0.2) is 0 Å². The average Bonchev–Trinajstić information content (AvgIpc) is 2.73. The molecule has 0 bridgehead atoms. The van der Waals surface area contributed by atoms with Crippen molar-refractivity contribution in [3.8, 4) is 0 Å². The third-order valence-electron chi connectivity index (χ3n) is 4.16. The van der Waals surface area contributed by atoms with Crippen molar-refractivity contribution in [1.29, 1.82) is 0 Å². The van der Waals surface area contributed by atoms with Gasteiger partial charge in [0.1, 0.15) is 0 Å². The predicted octanol–water partition coefficient (Wildman–Crippen LogP) is 4.06. The lowest BCUT2D eigenvalue weighted by Gasteiger charge is -2.12. The number of hydrogen-bond acceptors (Lipinski definition) is 3. The minimum Gasteiger partial charge on any atom is -0.387 e. The maximum atomic E-state index is 12.3. The van der Waals surface area contributed by atoms with Crippen LogP contribution in [0.1, 0.15) is 32.4 Å². The minimum atomic E-state index is -0.778. The first-order valence-corrected chi connectivity index (χ1v) is 9.09. The van der Waals surface area contributed by atoms with E-state index in [2.05, 4.69) is 10.6 Å². The van der Waals surface area contributed by atoms with Crippen LogP contribution in [-0.4, -0.2) is 23.5 Å². The summed E-state index contributed by atoms with van der Waals surface area (Å²) >= 11 is 6.02. The number of anilines is 1. The monoisotopic (exact) mass is 394 g/mol. The van der Waals surface area contributed by atoms with Crippen molar-refractivity contribution in [3.05, 3.63) is 101 Å². The first-order valence-electron chi connectivity index (χ1n) is 8.72. The summed E-state index contributed by atoms with van der Waals surface area (Å²) in [5.41, 5.74) is 2.09. The van der Waals surface area contributed by atoms with E-state index in [0.717, 1.165) is 5.56 Å². The summed E-state index contributed by atoms with van der Waals surface area (Å²) in [5.74, 6) is -0.632. The van der Waals surface area contributed by atoms with Gasteiger partial charge in [-0.15, -0.1) is 0 Å². The molecular weight excluding hydrogens is 376 g/mol. The summed E-state index contributed by atoms with van der Waals surface area (Å²) in [5, 5.41) is 15.9. The number of aliphatic hydroxyl groups excluding tert-OH is 1. The average molecular weight is 395 g/mol. The minimum absolute atomic E-state index is 0.105. The number of carbonyl (C=O) groups excluding carboxylic acids is 2. The molecule has 1 atom stereocenters. The van der Waals surface area contributed by atoms with Gasteiger partial charge < -0.3 is 15.7 Å². The van der Waals surface area contributed by atoms with Crippen LogP contribution in [0.2, 0.25) is 5.02 Å². The van der Waals surface area contributed by atoms with Crippen LogP contribution in [0.15, 0.2) is 78.9 Å². The summed E-state index contributed by atoms with van der Waals surface area (Å²) in [4.78, 5) is 24.5. The van der Waals surface area contributed by atoms with Gasteiger partial charge in [0.25, 0.3) is 11.8 Å². The zero-order valence-corrected chi connectivity index (χ0v) is 15.7. The maximum Gasteiger partial charge on any atom is 0.257 e. The smallest absolute Gasteiger partial charge is 0.257 e. The lowest BCUT2D eigenvalue weighted by Crippen LogP contribution is -2.28. The number of aliphatic hydroxyl groups is 1. The molecule has 0 radical (unpaired) electrons. The Balaban J connectivity index is 1.57. The van der Waals surface area contributed by atoms with E-state index in [4.69, 9.17) is 11.6 Å². The summed E-state index contributed by atoms with van der Waals surface area (Å²) in [6.07, 6.45) is -0.778. The molecule has 3 rings (SSSR count). The molecule has 0 saturated heterocycles. The Morgan fingerprint density at radius 2 is 1.50 bits per heavy atom. The molecule has 0 fully saturated rings. The van der Waals surface area contributed by atoms with Crippen molar-refractivity contribution in [3.63, 3.8) is 0 Å². The summed E-state index contributed by atoms with van der Waals surface area (Å²) in [7, 11) is 0. The van der Waals surface area contributed by atoms with Gasteiger partial charge in [0.2, 0.25) is 0 Å². The van der Waals surface area contributed by atoms with Crippen molar-refractivity contribution >= 4 is 29.1 Å². The van der Waals surface area contributed by atoms with Crippen LogP contribution in [0.4, 0.5) is 5.69 Å². The Hall–Kier alpha value is -3.15. The molecule has 0 aliphatic heterocycles. The summed E-state index contributed by atoms with van der Waals surface area (Å²) in [6, 6.07) is 22.4. The fourth-order valence-corrected chi connectivity index (χ4v) is 2.85. The molecule has 1 unspecified atom stereocenters. The molecule has 5 nitrogen and oxygen atoms in total. The highest BCUT2D eigenvalue weighted by atomic mass is 35.5. The molecule has 0 aromatic heterocycles. The third kappa shape index (κ3) is 4.97. The lowest BCUT2D eigenvalue weighted by molar-refractivity contribution is 0.0916. The molecule has 0 aliphatic rings. The lowest BCUT2D eigenvalue weighted by atomic mass is 10.1. The van der Waals surface area contributed by atoms with Crippen LogP contribution >= 0.6 is 11.6 Å². The van der Waals surface area contributed by atoms with Crippen LogP contribution < -0.4 is 10.6 Å². The molecule has 0 spiro atoms. The van der Waals surface area contributed by atoms with E-state index in [9.17, 15) is 14.7 Å². The molecule has 142 valence electrons. The van der Waals surface area contributed by atoms with Crippen LogP contribution in [-0.2, 0) is 0 Å². The van der Waals surface area contributed by atoms with Crippen molar-refractivity contribution < 1.29 is 14.7 Å². The summed E-state index contributed by atoms with van der Waals surface area (Å²) in [6.45, 7) is 0.105. The highest BCUT2D eigenvalue weighted by molar-refractivity contribution is 6.34. The Kier molecular flexibility index (Phi) is 6.42. The van der Waals surface area contributed by atoms with Gasteiger partial charge in [-0.05, 0) is 42.0 Å². The fourth-order valence-electron chi connectivity index (χ4n) is 2.63. The molecular formula is C22H19ClN2O3. The first kappa shape index (κ1) is 19.6. The van der Waals surface area contributed by atoms with Gasteiger partial charge in [0.05, 0.1) is 16.7 Å². The van der Waals surface area contributed by atoms with E-state index in [0.29, 0.717) is 21.8 Å². The van der Waals surface area contributed by atoms with Crippen molar-refractivity contribution in [2.24, 2.45) is 0 Å². The van der Waals surface area contributed by atoms with Crippen molar-refractivity contribution in [1.82, 2.24) is 5.32 Å². The summed E-state index contributed by atoms with van der Waals surface area (Å²) < 4.78 is 0. The zero-order valence-electron chi connectivity index (χ0n) is 14.9. The van der Waals surface area contributed by atoms with Crippen LogP contribution in [0.25, 0.3) is 0 Å². The molecule has 3 aromatic carbocycles. The highest BCUT2D eigenvalue weighted by Gasteiger charge is 2.12. The first-order chi connectivity index (χ1) is 13.5. The van der Waals surface area contributed by atoms with Crippen molar-refractivity contribution in [2.75, 3.05) is 11.9 Å². The number of nitrogens with one attached hydrogen (secondary N) is 2. The molecule has 0 saturated carbocycles. The van der Waals surface area contributed by atoms with Gasteiger partial charge >= 0.3 is 0 Å². The van der Waals surface area contributed by atoms with Gasteiger partial charge in [0, 0.05) is 17.8 Å². The maximum absolute atomic E-state index is 12.3. The predicted molar refractivity (Wildman–Crippen MR) is 110 cm³/mol. The Morgan fingerprint density at radius 3 is 2.18 bits per heavy atom. The highest BCUT2D eigenvalue weighted by Crippen LogP contribution is 2.18. The SMILES string of the molecule is O=C(NCC(O)c1ccccc1)c1ccc(NC(=O)c2ccccc2Cl)cc1. The van der Waals surface area contributed by atoms with E-state index >= 15 is 0 Å². The zero-order chi connectivity index (χ0) is 19.9. The van der Waals surface area contributed by atoms with E-state index in [1.165, 1.54) is 0 Å². The van der Waals surface area contributed by atoms with Crippen LogP contribution in [0, 0.1) is 0 Å². The van der Waals surface area contributed by atoms with Gasteiger partial charge in [-0.2, -0.15) is 0 Å². The van der Waals surface area contributed by atoms with Crippen LogP contribution in [0.5, 0.6) is 0 Å². The Labute approximate surface area is 168 Å².